The van der Waals surface area contributed by atoms with Crippen LogP contribution in [0.25, 0.3) is 0 Å². The minimum atomic E-state index is -3.21. The van der Waals surface area contributed by atoms with E-state index in [1.54, 1.807) is 0 Å². The van der Waals surface area contributed by atoms with Gasteiger partial charge in [0.1, 0.15) is 12.0 Å². The van der Waals surface area contributed by atoms with Crippen molar-refractivity contribution in [3.8, 4) is 0 Å². The van der Waals surface area contributed by atoms with Crippen LogP contribution >= 0.6 is 7.60 Å². The molecule has 20 heavy (non-hydrogen) atoms. The summed E-state index contributed by atoms with van der Waals surface area (Å²) >= 11 is 0. The van der Waals surface area contributed by atoms with Gasteiger partial charge in [0.15, 0.2) is 0 Å². The summed E-state index contributed by atoms with van der Waals surface area (Å²) in [6.45, 7) is 15.2. The SMILES string of the molecule is CCOP(=O)(OCC)C1NC(C(C)(C)C)OCC1(C)C. The largest absolute Gasteiger partial charge is 0.362 e. The van der Waals surface area contributed by atoms with Crippen LogP contribution in [0.3, 0.4) is 0 Å². The highest BCUT2D eigenvalue weighted by Crippen LogP contribution is 2.58. The molecule has 1 fully saturated rings. The van der Waals surface area contributed by atoms with Crippen molar-refractivity contribution in [2.75, 3.05) is 19.8 Å². The maximum absolute atomic E-state index is 13.1. The smallest absolute Gasteiger partial charge is 0.348 e. The Bertz CT molecular complexity index is 355. The minimum Gasteiger partial charge on any atom is -0.362 e. The Balaban J connectivity index is 3.04. The van der Waals surface area contributed by atoms with Gasteiger partial charge in [0.2, 0.25) is 0 Å². The molecule has 1 rings (SSSR count). The maximum Gasteiger partial charge on any atom is 0.348 e. The quantitative estimate of drug-likeness (QED) is 0.787. The molecule has 5 nitrogen and oxygen atoms in total. The summed E-state index contributed by atoms with van der Waals surface area (Å²) in [5.74, 6) is -0.368. The molecule has 0 saturated carbocycles. The monoisotopic (exact) mass is 307 g/mol. The summed E-state index contributed by atoms with van der Waals surface area (Å²) in [5.41, 5.74) is -0.403. The van der Waals surface area contributed by atoms with E-state index in [1.165, 1.54) is 0 Å². The van der Waals surface area contributed by atoms with Crippen molar-refractivity contribution in [3.63, 3.8) is 0 Å². The van der Waals surface area contributed by atoms with Gasteiger partial charge >= 0.3 is 7.60 Å². The van der Waals surface area contributed by atoms with E-state index >= 15 is 0 Å². The van der Waals surface area contributed by atoms with Gasteiger partial charge in [0.25, 0.3) is 0 Å². The topological polar surface area (TPSA) is 56.8 Å². The van der Waals surface area contributed by atoms with E-state index in [4.69, 9.17) is 13.8 Å². The Labute approximate surface area is 123 Å². The second-order valence-corrected chi connectivity index (χ2v) is 9.10. The van der Waals surface area contributed by atoms with E-state index in [-0.39, 0.29) is 22.8 Å². The zero-order valence-corrected chi connectivity index (χ0v) is 14.8. The Morgan fingerprint density at radius 3 is 2.15 bits per heavy atom. The second-order valence-electron chi connectivity index (χ2n) is 6.99. The lowest BCUT2D eigenvalue weighted by molar-refractivity contribution is -0.117. The van der Waals surface area contributed by atoms with Crippen LogP contribution in [-0.2, 0) is 18.3 Å². The average molecular weight is 307 g/mol. The fraction of sp³-hybridized carbons (Fsp3) is 1.00. The Hall–Kier alpha value is 0.0700. The first-order valence-electron chi connectivity index (χ1n) is 7.33. The van der Waals surface area contributed by atoms with E-state index in [0.29, 0.717) is 19.8 Å². The van der Waals surface area contributed by atoms with Crippen LogP contribution in [0.5, 0.6) is 0 Å². The molecule has 0 aromatic heterocycles. The van der Waals surface area contributed by atoms with Gasteiger partial charge in [-0.25, -0.2) is 0 Å². The van der Waals surface area contributed by atoms with Gasteiger partial charge in [0.05, 0.1) is 19.8 Å². The van der Waals surface area contributed by atoms with Crippen molar-refractivity contribution >= 4 is 7.60 Å². The fourth-order valence-corrected chi connectivity index (χ4v) is 4.70. The van der Waals surface area contributed by atoms with Crippen molar-refractivity contribution in [2.45, 2.75) is 60.5 Å². The van der Waals surface area contributed by atoms with Crippen LogP contribution in [0.1, 0.15) is 48.5 Å². The number of ether oxygens (including phenoxy) is 1. The third-order valence-corrected chi connectivity index (χ3v) is 6.11. The van der Waals surface area contributed by atoms with Crippen molar-refractivity contribution < 1.29 is 18.3 Å². The van der Waals surface area contributed by atoms with E-state index in [0.717, 1.165) is 0 Å². The molecule has 1 saturated heterocycles. The van der Waals surface area contributed by atoms with E-state index in [9.17, 15) is 4.57 Å². The molecule has 1 aliphatic rings. The van der Waals surface area contributed by atoms with Gasteiger partial charge < -0.3 is 13.8 Å². The number of rotatable bonds is 5. The number of hydrogen-bond donors (Lipinski definition) is 1. The predicted molar refractivity (Wildman–Crippen MR) is 80.8 cm³/mol. The highest BCUT2D eigenvalue weighted by atomic mass is 31.2. The van der Waals surface area contributed by atoms with Crippen LogP contribution in [-0.4, -0.2) is 31.8 Å². The molecule has 1 heterocycles. The lowest BCUT2D eigenvalue weighted by Crippen LogP contribution is -2.59. The molecule has 6 heteroatoms. The molecule has 0 radical (unpaired) electrons. The summed E-state index contributed by atoms with van der Waals surface area (Å²) in [4.78, 5) is 0. The van der Waals surface area contributed by atoms with E-state index < -0.39 is 7.60 Å². The molecule has 0 bridgehead atoms. The highest BCUT2D eigenvalue weighted by molar-refractivity contribution is 7.54. The summed E-state index contributed by atoms with van der Waals surface area (Å²) < 4.78 is 30.0. The molecule has 1 aliphatic heterocycles. The molecule has 0 aromatic carbocycles. The molecule has 0 aliphatic carbocycles. The molecule has 2 unspecified atom stereocenters. The lowest BCUT2D eigenvalue weighted by atomic mass is 9.88. The molecule has 1 N–H and O–H groups in total. The highest BCUT2D eigenvalue weighted by Gasteiger charge is 2.51. The van der Waals surface area contributed by atoms with Crippen LogP contribution in [0, 0.1) is 10.8 Å². The second kappa shape index (κ2) is 6.45. The van der Waals surface area contributed by atoms with Gasteiger partial charge in [-0.15, -0.1) is 0 Å². The third kappa shape index (κ3) is 4.05. The normalized spacial score (nSPS) is 27.6. The first-order chi connectivity index (χ1) is 9.07. The van der Waals surface area contributed by atoms with Gasteiger partial charge in [-0.2, -0.15) is 0 Å². The van der Waals surface area contributed by atoms with Gasteiger partial charge in [0, 0.05) is 10.8 Å². The standard InChI is InChI=1S/C14H30NO4P/c1-8-18-20(16,19-9-2)12-14(6,7)10-17-11(15-12)13(3,4)5/h11-12,15H,8-10H2,1-7H3. The van der Waals surface area contributed by atoms with E-state index in [2.05, 4.69) is 26.1 Å². The summed E-state index contributed by atoms with van der Waals surface area (Å²) in [5, 5.41) is 3.36. The summed E-state index contributed by atoms with van der Waals surface area (Å²) in [7, 11) is -3.21. The molecular weight excluding hydrogens is 277 g/mol. The lowest BCUT2D eigenvalue weighted by Gasteiger charge is -2.48. The van der Waals surface area contributed by atoms with Crippen LogP contribution in [0.2, 0.25) is 0 Å². The van der Waals surface area contributed by atoms with Crippen molar-refractivity contribution in [3.05, 3.63) is 0 Å². The van der Waals surface area contributed by atoms with Crippen LogP contribution in [0.4, 0.5) is 0 Å². The molecule has 0 aromatic rings. The summed E-state index contributed by atoms with van der Waals surface area (Å²) in [6, 6.07) is 0. The Kier molecular flexibility index (Phi) is 5.84. The van der Waals surface area contributed by atoms with Gasteiger partial charge in [-0.1, -0.05) is 34.6 Å². The Morgan fingerprint density at radius 1 is 1.25 bits per heavy atom. The number of hydrogen-bond acceptors (Lipinski definition) is 5. The van der Waals surface area contributed by atoms with Crippen molar-refractivity contribution in [1.82, 2.24) is 5.32 Å². The van der Waals surface area contributed by atoms with Crippen molar-refractivity contribution in [1.29, 1.82) is 0 Å². The third-order valence-electron chi connectivity index (χ3n) is 3.39. The molecule has 120 valence electrons. The first kappa shape index (κ1) is 18.1. The Morgan fingerprint density at radius 2 is 1.75 bits per heavy atom. The zero-order valence-electron chi connectivity index (χ0n) is 13.9. The average Bonchev–Trinajstić information content (AvgIpc) is 2.27. The van der Waals surface area contributed by atoms with Crippen LogP contribution < -0.4 is 5.32 Å². The fourth-order valence-electron chi connectivity index (χ4n) is 2.36. The van der Waals surface area contributed by atoms with Crippen LogP contribution in [0.15, 0.2) is 0 Å². The zero-order chi connectivity index (χ0) is 15.6. The minimum absolute atomic E-state index is 0.0853. The molecule has 0 spiro atoms. The van der Waals surface area contributed by atoms with Crippen molar-refractivity contribution in [2.24, 2.45) is 10.8 Å². The predicted octanol–water partition coefficient (Wildman–Crippen LogP) is 3.60. The van der Waals surface area contributed by atoms with Gasteiger partial charge in [-0.05, 0) is 13.8 Å². The molecular formula is C14H30NO4P. The molecule has 2 atom stereocenters. The summed E-state index contributed by atoms with van der Waals surface area (Å²) in [6.07, 6.45) is -0.172. The number of nitrogens with one attached hydrogen (secondary N) is 1. The maximum atomic E-state index is 13.1. The van der Waals surface area contributed by atoms with E-state index in [1.807, 2.05) is 27.7 Å². The molecule has 0 amide bonds. The first-order valence-corrected chi connectivity index (χ1v) is 8.94. The van der Waals surface area contributed by atoms with Gasteiger partial charge in [-0.3, -0.25) is 9.88 Å².